The van der Waals surface area contributed by atoms with E-state index in [-0.39, 0.29) is 23.7 Å². The number of aromatic amines is 1. The van der Waals surface area contributed by atoms with Gasteiger partial charge >= 0.3 is 0 Å². The first-order valence-electron chi connectivity index (χ1n) is 13.8. The van der Waals surface area contributed by atoms with Crippen LogP contribution in [0.4, 0.5) is 0 Å². The smallest absolute Gasteiger partial charge is 0.226 e. The predicted molar refractivity (Wildman–Crippen MR) is 164 cm³/mol. The molecule has 3 aromatic heterocycles. The fourth-order valence-electron chi connectivity index (χ4n) is 6.22. The molecule has 2 aliphatic rings. The Hall–Kier alpha value is -2.49. The zero-order chi connectivity index (χ0) is 28.2. The predicted octanol–water partition coefficient (Wildman–Crippen LogP) is 6.93. The Labute approximate surface area is 251 Å². The van der Waals surface area contributed by atoms with Crippen LogP contribution in [-0.4, -0.2) is 56.4 Å². The summed E-state index contributed by atoms with van der Waals surface area (Å²) in [6, 6.07) is 6.24. The maximum absolute atomic E-state index is 13.9. The van der Waals surface area contributed by atoms with Gasteiger partial charge in [-0.3, -0.25) is 19.7 Å². The van der Waals surface area contributed by atoms with Crippen LogP contribution in [0, 0.1) is 11.3 Å². The number of fused-ring (bicyclic) bond motifs is 4. The highest BCUT2D eigenvalue weighted by Gasteiger charge is 2.36. The van der Waals surface area contributed by atoms with Gasteiger partial charge in [-0.2, -0.15) is 5.10 Å². The molecule has 0 spiro atoms. The molecule has 1 fully saturated rings. The molecule has 5 heterocycles. The Morgan fingerprint density at radius 1 is 1.20 bits per heavy atom. The SMILES string of the molecule is CC(C)(C)CN1Cc2c(cc(Cl)c3[nH]ncc23)C[C@@H](CC(=O)N2CCC(c3cnc4cc(Br)sc4c3)CC2)C1=O. The van der Waals surface area contributed by atoms with Gasteiger partial charge in [0.2, 0.25) is 11.8 Å². The van der Waals surface area contributed by atoms with Crippen molar-refractivity contribution in [3.63, 3.8) is 0 Å². The van der Waals surface area contributed by atoms with Crippen molar-refractivity contribution in [3.05, 3.63) is 56.1 Å². The van der Waals surface area contributed by atoms with E-state index in [4.69, 9.17) is 11.6 Å². The molecule has 0 aliphatic carbocycles. The summed E-state index contributed by atoms with van der Waals surface area (Å²) in [6.07, 6.45) is 6.28. The molecule has 2 amide bonds. The van der Waals surface area contributed by atoms with Crippen LogP contribution in [0.15, 0.2) is 34.4 Å². The molecule has 210 valence electrons. The molecule has 6 rings (SSSR count). The number of rotatable bonds is 4. The van der Waals surface area contributed by atoms with Gasteiger partial charge in [-0.25, -0.2) is 0 Å². The molecule has 40 heavy (non-hydrogen) atoms. The third-order valence-corrected chi connectivity index (χ3v) is 10.0. The monoisotopic (exact) mass is 641 g/mol. The van der Waals surface area contributed by atoms with Crippen molar-refractivity contribution in [3.8, 4) is 0 Å². The normalized spacial score (nSPS) is 18.9. The van der Waals surface area contributed by atoms with E-state index in [1.807, 2.05) is 28.1 Å². The lowest BCUT2D eigenvalue weighted by molar-refractivity contribution is -0.142. The van der Waals surface area contributed by atoms with Gasteiger partial charge in [-0.1, -0.05) is 32.4 Å². The lowest BCUT2D eigenvalue weighted by Gasteiger charge is -2.34. The molecule has 10 heteroatoms. The average molecular weight is 643 g/mol. The van der Waals surface area contributed by atoms with E-state index in [0.29, 0.717) is 43.5 Å². The van der Waals surface area contributed by atoms with Gasteiger partial charge in [-0.15, -0.1) is 11.3 Å². The van der Waals surface area contributed by atoms with E-state index in [9.17, 15) is 9.59 Å². The summed E-state index contributed by atoms with van der Waals surface area (Å²) >= 11 is 11.8. The molecule has 0 unspecified atom stereocenters. The van der Waals surface area contributed by atoms with Crippen molar-refractivity contribution in [2.24, 2.45) is 11.3 Å². The lowest BCUT2D eigenvalue weighted by atomic mass is 9.89. The van der Waals surface area contributed by atoms with Crippen LogP contribution in [0.25, 0.3) is 21.1 Å². The zero-order valence-corrected chi connectivity index (χ0v) is 26.1. The quantitative estimate of drug-likeness (QED) is 0.262. The first-order valence-corrected chi connectivity index (χ1v) is 15.8. The minimum absolute atomic E-state index is 0.0450. The minimum atomic E-state index is -0.418. The maximum Gasteiger partial charge on any atom is 0.226 e. The van der Waals surface area contributed by atoms with Crippen LogP contribution >= 0.6 is 38.9 Å². The van der Waals surface area contributed by atoms with E-state index in [1.165, 1.54) is 10.3 Å². The second kappa shape index (κ2) is 10.7. The summed E-state index contributed by atoms with van der Waals surface area (Å²) in [6.45, 7) is 8.90. The number of halogens is 2. The molecular formula is C30H33BrClN5O2S. The number of nitrogens with one attached hydrogen (secondary N) is 1. The number of aromatic nitrogens is 3. The Balaban J connectivity index is 1.19. The molecule has 2 aliphatic heterocycles. The molecule has 4 aromatic rings. The second-order valence-corrected chi connectivity index (χ2v) is 15.2. The highest BCUT2D eigenvalue weighted by Crippen LogP contribution is 2.37. The van der Waals surface area contributed by atoms with Gasteiger partial charge in [0, 0.05) is 44.2 Å². The number of pyridine rings is 1. The Kier molecular flexibility index (Phi) is 7.42. The van der Waals surface area contributed by atoms with Crippen LogP contribution in [0.3, 0.4) is 0 Å². The van der Waals surface area contributed by atoms with Gasteiger partial charge < -0.3 is 9.80 Å². The summed E-state index contributed by atoms with van der Waals surface area (Å²) in [7, 11) is 0. The summed E-state index contributed by atoms with van der Waals surface area (Å²) in [5.41, 5.74) is 5.08. The first kappa shape index (κ1) is 27.7. The van der Waals surface area contributed by atoms with Crippen molar-refractivity contribution in [1.82, 2.24) is 25.0 Å². The van der Waals surface area contributed by atoms with Gasteiger partial charge in [0.25, 0.3) is 0 Å². The number of thiophene rings is 1. The number of hydrogen-bond donors (Lipinski definition) is 1. The van der Waals surface area contributed by atoms with E-state index in [1.54, 1.807) is 17.5 Å². The van der Waals surface area contributed by atoms with Gasteiger partial charge in [-0.05, 0) is 81.4 Å². The second-order valence-electron chi connectivity index (χ2n) is 12.4. The first-order chi connectivity index (χ1) is 19.1. The Morgan fingerprint density at radius 3 is 2.73 bits per heavy atom. The number of nitrogens with zero attached hydrogens (tertiary/aromatic N) is 4. The van der Waals surface area contributed by atoms with E-state index in [0.717, 1.165) is 44.2 Å². The van der Waals surface area contributed by atoms with Crippen molar-refractivity contribution < 1.29 is 9.59 Å². The fraction of sp³-hybridized carbons (Fsp3) is 0.467. The molecule has 0 saturated carbocycles. The van der Waals surface area contributed by atoms with Crippen LogP contribution < -0.4 is 0 Å². The topological polar surface area (TPSA) is 82.2 Å². The molecule has 1 N–H and O–H groups in total. The Bertz CT molecular complexity index is 1600. The largest absolute Gasteiger partial charge is 0.343 e. The summed E-state index contributed by atoms with van der Waals surface area (Å²) in [4.78, 5) is 36.0. The lowest BCUT2D eigenvalue weighted by Crippen LogP contribution is -2.43. The third-order valence-electron chi connectivity index (χ3n) is 8.13. The zero-order valence-electron chi connectivity index (χ0n) is 23.0. The third kappa shape index (κ3) is 5.52. The highest BCUT2D eigenvalue weighted by molar-refractivity contribution is 9.11. The standard InChI is InChI=1S/C30H33BrClN5O2S/c1-30(2,3)16-37-15-22-18(9-23(32)28-21(22)14-34-35-28)8-19(29(37)39)11-27(38)36-6-4-17(5-7-36)20-10-25-24(33-13-20)12-26(31)40-25/h9-10,12-14,17,19H,4-8,11,15-16H2,1-3H3,(H,34,35)/t19-/m0/s1. The van der Waals surface area contributed by atoms with Crippen LogP contribution in [0.1, 0.15) is 62.6 Å². The molecule has 0 bridgehead atoms. The number of carbonyl (C=O) groups excluding carboxylic acids is 2. The molecule has 0 radical (unpaired) electrons. The van der Waals surface area contributed by atoms with E-state index in [2.05, 4.69) is 57.9 Å². The van der Waals surface area contributed by atoms with Crippen LogP contribution in [0.5, 0.6) is 0 Å². The van der Waals surface area contributed by atoms with Crippen LogP contribution in [-0.2, 0) is 22.6 Å². The number of piperidine rings is 1. The van der Waals surface area contributed by atoms with Crippen LogP contribution in [0.2, 0.25) is 5.02 Å². The molecule has 1 atom stereocenters. The van der Waals surface area contributed by atoms with E-state index < -0.39 is 5.92 Å². The van der Waals surface area contributed by atoms with Crippen molar-refractivity contribution in [2.75, 3.05) is 19.6 Å². The molecule has 1 aromatic carbocycles. The summed E-state index contributed by atoms with van der Waals surface area (Å²) in [5.74, 6) is 0.0685. The molecule has 1 saturated heterocycles. The molecular weight excluding hydrogens is 610 g/mol. The number of carbonyl (C=O) groups is 2. The van der Waals surface area contributed by atoms with Gasteiger partial charge in [0.05, 0.1) is 36.7 Å². The number of benzene rings is 1. The van der Waals surface area contributed by atoms with Crippen molar-refractivity contribution in [2.45, 2.75) is 58.9 Å². The number of amides is 2. The average Bonchev–Trinajstić information content (AvgIpc) is 3.52. The highest BCUT2D eigenvalue weighted by atomic mass is 79.9. The summed E-state index contributed by atoms with van der Waals surface area (Å²) < 4.78 is 2.27. The maximum atomic E-state index is 13.9. The number of H-pyrrole nitrogens is 1. The fourth-order valence-corrected chi connectivity index (χ4v) is 8.03. The number of likely N-dealkylation sites (tertiary alicyclic amines) is 1. The van der Waals surface area contributed by atoms with Gasteiger partial charge in [0.15, 0.2) is 0 Å². The van der Waals surface area contributed by atoms with Crippen molar-refractivity contribution in [1.29, 1.82) is 0 Å². The number of hydrogen-bond acceptors (Lipinski definition) is 5. The summed E-state index contributed by atoms with van der Waals surface area (Å²) in [5, 5.41) is 8.75. The Morgan fingerprint density at radius 2 is 1.98 bits per heavy atom. The van der Waals surface area contributed by atoms with E-state index >= 15 is 0 Å². The van der Waals surface area contributed by atoms with Crippen molar-refractivity contribution >= 4 is 71.8 Å². The van der Waals surface area contributed by atoms with Gasteiger partial charge in [0.1, 0.15) is 0 Å². The molecule has 7 nitrogen and oxygen atoms in total. The minimum Gasteiger partial charge on any atom is -0.343 e.